The van der Waals surface area contributed by atoms with Gasteiger partial charge >= 0.3 is 51.4 Å². The summed E-state index contributed by atoms with van der Waals surface area (Å²) in [7, 11) is 16.4. The summed E-state index contributed by atoms with van der Waals surface area (Å²) in [5.74, 6) is 0. The van der Waals surface area contributed by atoms with Crippen molar-refractivity contribution in [3.05, 3.63) is 0 Å². The summed E-state index contributed by atoms with van der Waals surface area (Å²) >= 11 is 0. The van der Waals surface area contributed by atoms with Crippen LogP contribution in [0, 0.1) is 0 Å². The molecule has 0 aromatic heterocycles. The van der Waals surface area contributed by atoms with Gasteiger partial charge in [-0.15, -0.1) is 34.7 Å². The van der Waals surface area contributed by atoms with Crippen LogP contribution in [0.3, 0.4) is 0 Å². The molecule has 0 fully saturated rings. The SMILES string of the molecule is CNP(P)P([P-]P(P)P)PP.[K+]. The Hall–Kier alpha value is 5.47. The van der Waals surface area contributed by atoms with Crippen LogP contribution in [0.15, 0.2) is 0 Å². The summed E-state index contributed by atoms with van der Waals surface area (Å²) in [6.07, 6.45) is 0. The predicted molar refractivity (Wildman–Crippen MR) is 83.9 cm³/mol. The second-order valence-electron chi connectivity index (χ2n) is 1.46. The zero-order chi connectivity index (χ0) is 8.85. The predicted octanol–water partition coefficient (Wildman–Crippen LogP) is 2.02. The Kier molecular flexibility index (Phi) is 21.3. The molecule has 1 nitrogen and oxygen atoms in total. The summed E-state index contributed by atoms with van der Waals surface area (Å²) < 4.78 is 0. The first-order chi connectivity index (χ1) is 5.11. The van der Waals surface area contributed by atoms with E-state index in [0.29, 0.717) is 0 Å². The molecule has 12 heavy (non-hydrogen) atoms. The third kappa shape index (κ3) is 10.6. The monoisotopic (exact) mass is 357 g/mol. The van der Waals surface area contributed by atoms with Gasteiger partial charge in [0, 0.05) is 0 Å². The van der Waals surface area contributed by atoms with Crippen molar-refractivity contribution >= 4 is 73.1 Å². The van der Waals surface area contributed by atoms with Crippen molar-refractivity contribution < 1.29 is 51.4 Å². The van der Waals surface area contributed by atoms with E-state index in [2.05, 4.69) is 47.8 Å². The van der Waals surface area contributed by atoms with E-state index in [1.54, 1.807) is 7.96 Å². The molecule has 0 heterocycles. The summed E-state index contributed by atoms with van der Waals surface area (Å²) in [6.45, 7) is 0.315. The molecule has 0 rings (SSSR count). The maximum atomic E-state index is 3.36. The molecular formula is CH13KNP9. The van der Waals surface area contributed by atoms with Crippen molar-refractivity contribution in [2.45, 2.75) is 0 Å². The average Bonchev–Trinajstić information content (AvgIpc) is 1.98. The van der Waals surface area contributed by atoms with Crippen LogP contribution in [-0.4, -0.2) is 7.05 Å². The molecule has 0 bridgehead atoms. The van der Waals surface area contributed by atoms with E-state index in [1.807, 2.05) is 0 Å². The zero-order valence-electron chi connectivity index (χ0n) is 7.10. The minimum absolute atomic E-state index is 0. The second-order valence-corrected chi connectivity index (χ2v) is 29.8. The van der Waals surface area contributed by atoms with Crippen LogP contribution < -0.4 is 56.5 Å². The molecule has 0 aliphatic heterocycles. The van der Waals surface area contributed by atoms with Crippen molar-refractivity contribution in [2.24, 2.45) is 0 Å². The Morgan fingerprint density at radius 3 is 2.08 bits per heavy atom. The van der Waals surface area contributed by atoms with Crippen LogP contribution in [0.25, 0.3) is 0 Å². The van der Waals surface area contributed by atoms with Crippen LogP contribution >= 0.6 is 73.1 Å². The minimum Gasteiger partial charge on any atom is -0.456 e. The standard InChI is InChI=1S/CH13NP9.K/c1-2-9(4)11(7-3)8-10(5)6;/h2,7H,3-6H2,1H3;/q-1;+1. The van der Waals surface area contributed by atoms with Gasteiger partial charge in [-0.25, -0.2) is 6.99 Å². The third-order valence-corrected chi connectivity index (χ3v) is 38.1. The molecule has 68 valence electrons. The third-order valence-electron chi connectivity index (χ3n) is 0.737. The van der Waals surface area contributed by atoms with Gasteiger partial charge < -0.3 is 7.96 Å². The van der Waals surface area contributed by atoms with Crippen molar-refractivity contribution in [2.75, 3.05) is 7.05 Å². The van der Waals surface area contributed by atoms with E-state index in [0.717, 1.165) is 7.96 Å². The van der Waals surface area contributed by atoms with Gasteiger partial charge in [0.2, 0.25) is 0 Å². The van der Waals surface area contributed by atoms with Gasteiger partial charge in [0.15, 0.2) is 0 Å². The van der Waals surface area contributed by atoms with Gasteiger partial charge in [-0.1, -0.05) is 8.93 Å². The van der Waals surface area contributed by atoms with E-state index in [4.69, 9.17) is 0 Å². The van der Waals surface area contributed by atoms with E-state index < -0.39 is 0 Å². The van der Waals surface area contributed by atoms with E-state index in [9.17, 15) is 0 Å². The molecule has 0 spiro atoms. The first-order valence-corrected chi connectivity index (χ1v) is 18.2. The molecular weight excluding hydrogens is 344 g/mol. The number of nitrogens with one attached hydrogen (secondary N) is 1. The maximum Gasteiger partial charge on any atom is 1.00 e. The van der Waals surface area contributed by atoms with E-state index in [-0.39, 0.29) is 72.8 Å². The second kappa shape index (κ2) is 12.9. The van der Waals surface area contributed by atoms with Crippen molar-refractivity contribution in [3.8, 4) is 0 Å². The molecule has 0 radical (unpaired) electrons. The van der Waals surface area contributed by atoms with Gasteiger partial charge in [-0.05, 0) is 14.5 Å². The van der Waals surface area contributed by atoms with Crippen LogP contribution in [0.1, 0.15) is 0 Å². The smallest absolute Gasteiger partial charge is 0.456 e. The molecule has 0 amide bonds. The Labute approximate surface area is 134 Å². The minimum atomic E-state index is 0. The van der Waals surface area contributed by atoms with Crippen LogP contribution in [0.2, 0.25) is 0 Å². The first kappa shape index (κ1) is 19.8. The van der Waals surface area contributed by atoms with Gasteiger partial charge in [-0.2, -0.15) is 6.99 Å². The topological polar surface area (TPSA) is 12.0 Å². The zero-order valence-corrected chi connectivity index (χ0v) is 19.4. The van der Waals surface area contributed by atoms with Gasteiger partial charge in [0.1, 0.15) is 0 Å². The number of hydrogen-bond acceptors (Lipinski definition) is 1. The fraction of sp³-hybridized carbons (Fsp3) is 1.00. The molecule has 7 atom stereocenters. The van der Waals surface area contributed by atoms with Crippen molar-refractivity contribution in [3.63, 3.8) is 0 Å². The molecule has 0 saturated carbocycles. The Morgan fingerprint density at radius 1 is 1.33 bits per heavy atom. The maximum absolute atomic E-state index is 3.36. The molecule has 1 N–H and O–H groups in total. The molecule has 7 unspecified atom stereocenters. The van der Waals surface area contributed by atoms with Crippen LogP contribution in [0.4, 0.5) is 0 Å². The summed E-state index contributed by atoms with van der Waals surface area (Å²) in [5.41, 5.74) is 0. The van der Waals surface area contributed by atoms with Gasteiger partial charge in [0.05, 0.1) is 0 Å². The number of hydrogen-bond donors (Lipinski definition) is 1. The normalized spacial score (nSPS) is 17.5. The Balaban J connectivity index is 0. The summed E-state index contributed by atoms with van der Waals surface area (Å²) in [6, 6.07) is 0. The van der Waals surface area contributed by atoms with Crippen molar-refractivity contribution in [1.29, 1.82) is 0 Å². The molecule has 11 heteroatoms. The molecule has 0 saturated heterocycles. The molecule has 0 aliphatic carbocycles. The fourth-order valence-corrected chi connectivity index (χ4v) is 50.3. The molecule has 0 aromatic rings. The van der Waals surface area contributed by atoms with Crippen LogP contribution in [0.5, 0.6) is 0 Å². The average molecular weight is 357 g/mol. The quantitative estimate of drug-likeness (QED) is 0.587. The van der Waals surface area contributed by atoms with Gasteiger partial charge in [0.25, 0.3) is 0 Å². The Bertz CT molecular complexity index is 98.5. The van der Waals surface area contributed by atoms with Gasteiger partial charge in [-0.3, -0.25) is 5.09 Å². The largest absolute Gasteiger partial charge is 1.00 e. The Morgan fingerprint density at radius 2 is 1.83 bits per heavy atom. The van der Waals surface area contributed by atoms with Crippen LogP contribution in [-0.2, 0) is 0 Å². The molecule has 0 aliphatic rings. The van der Waals surface area contributed by atoms with E-state index in [1.165, 1.54) is 0 Å². The van der Waals surface area contributed by atoms with Crippen molar-refractivity contribution in [1.82, 2.24) is 5.09 Å². The summed E-state index contributed by atoms with van der Waals surface area (Å²) in [5, 5.41) is 3.36. The number of rotatable bonds is 5. The summed E-state index contributed by atoms with van der Waals surface area (Å²) in [4.78, 5) is 0. The molecule has 0 aromatic carbocycles. The van der Waals surface area contributed by atoms with E-state index >= 15 is 0 Å². The fourth-order valence-electron chi connectivity index (χ4n) is 0.324. The first-order valence-electron chi connectivity index (χ1n) is 2.61.